The summed E-state index contributed by atoms with van der Waals surface area (Å²) in [6, 6.07) is 14.2. The molecule has 1 N–H and O–H groups in total. The van der Waals surface area contributed by atoms with E-state index in [1.165, 1.54) is 11.3 Å². The van der Waals surface area contributed by atoms with Crippen LogP contribution >= 0.6 is 45.5 Å². The van der Waals surface area contributed by atoms with Gasteiger partial charge in [-0.3, -0.25) is 10.1 Å². The highest BCUT2D eigenvalue weighted by Gasteiger charge is 2.13. The van der Waals surface area contributed by atoms with Gasteiger partial charge in [-0.25, -0.2) is 9.78 Å². The van der Waals surface area contributed by atoms with Gasteiger partial charge in [0.1, 0.15) is 0 Å². The second-order valence-corrected chi connectivity index (χ2v) is 7.66. The Kier molecular flexibility index (Phi) is 6.23. The molecular weight excluding hydrogens is 487 g/mol. The molecule has 3 aromatic rings. The van der Waals surface area contributed by atoms with Crippen molar-refractivity contribution in [3.8, 4) is 11.3 Å². The van der Waals surface area contributed by atoms with Gasteiger partial charge in [0.25, 0.3) is 5.91 Å². The number of nitrogens with zero attached hydrogens (tertiary/aromatic N) is 1. The minimum absolute atomic E-state index is 0.383. The topological polar surface area (TPSA) is 68.3 Å². The Labute approximate surface area is 172 Å². The number of hydrogen-bond donors (Lipinski definition) is 1. The minimum Gasteiger partial charge on any atom is -0.452 e. The zero-order valence-electron chi connectivity index (χ0n) is 13.2. The number of benzene rings is 2. The van der Waals surface area contributed by atoms with Gasteiger partial charge in [-0.15, -0.1) is 11.3 Å². The number of amides is 1. The standard InChI is InChI=1S/C18H12ClIN2O3S/c19-14-4-2-1-3-13(14)15-10-26-18(21-15)22-16(23)9-25-17(24)11-5-7-12(20)8-6-11/h1-8,10H,9H2,(H,21,22,23). The third-order valence-electron chi connectivity index (χ3n) is 3.31. The summed E-state index contributed by atoms with van der Waals surface area (Å²) in [5, 5.41) is 5.41. The maximum Gasteiger partial charge on any atom is 0.338 e. The van der Waals surface area contributed by atoms with Crippen LogP contribution < -0.4 is 5.32 Å². The van der Waals surface area contributed by atoms with Crippen LogP contribution in [-0.4, -0.2) is 23.5 Å². The summed E-state index contributed by atoms with van der Waals surface area (Å²) in [5.41, 5.74) is 1.86. The summed E-state index contributed by atoms with van der Waals surface area (Å²) >= 11 is 9.56. The molecule has 5 nitrogen and oxygen atoms in total. The van der Waals surface area contributed by atoms with Gasteiger partial charge in [0, 0.05) is 19.5 Å². The van der Waals surface area contributed by atoms with Crippen molar-refractivity contribution in [3.63, 3.8) is 0 Å². The van der Waals surface area contributed by atoms with E-state index in [4.69, 9.17) is 16.3 Å². The SMILES string of the molecule is O=C(COC(=O)c1ccc(I)cc1)Nc1nc(-c2ccccc2Cl)cs1. The molecule has 0 spiro atoms. The number of carbonyl (C=O) groups is 2. The molecule has 0 bridgehead atoms. The average Bonchev–Trinajstić information content (AvgIpc) is 3.09. The number of esters is 1. The van der Waals surface area contributed by atoms with E-state index in [1.54, 1.807) is 35.7 Å². The maximum absolute atomic E-state index is 12.0. The molecule has 0 saturated carbocycles. The summed E-state index contributed by atoms with van der Waals surface area (Å²) in [6.07, 6.45) is 0. The molecular formula is C18H12ClIN2O3S. The van der Waals surface area contributed by atoms with E-state index < -0.39 is 11.9 Å². The highest BCUT2D eigenvalue weighted by Crippen LogP contribution is 2.30. The summed E-state index contributed by atoms with van der Waals surface area (Å²) < 4.78 is 6.02. The van der Waals surface area contributed by atoms with Crippen LogP contribution in [0.15, 0.2) is 53.9 Å². The van der Waals surface area contributed by atoms with E-state index in [0.717, 1.165) is 9.13 Å². The Morgan fingerprint density at radius 1 is 1.15 bits per heavy atom. The Bertz CT molecular complexity index is 944. The van der Waals surface area contributed by atoms with Gasteiger partial charge < -0.3 is 4.74 Å². The zero-order chi connectivity index (χ0) is 18.5. The lowest BCUT2D eigenvalue weighted by atomic mass is 10.2. The largest absolute Gasteiger partial charge is 0.452 e. The van der Waals surface area contributed by atoms with E-state index in [1.807, 2.05) is 18.2 Å². The summed E-state index contributed by atoms with van der Waals surface area (Å²) in [4.78, 5) is 28.2. The number of carbonyl (C=O) groups excluding carboxylic acids is 2. The molecule has 0 radical (unpaired) electrons. The summed E-state index contributed by atoms with van der Waals surface area (Å²) in [5.74, 6) is -1.00. The van der Waals surface area contributed by atoms with Crippen molar-refractivity contribution in [2.24, 2.45) is 0 Å². The fraction of sp³-hybridized carbons (Fsp3) is 0.0556. The van der Waals surface area contributed by atoms with Crippen molar-refractivity contribution >= 4 is 62.5 Å². The number of hydrogen-bond acceptors (Lipinski definition) is 5. The van der Waals surface area contributed by atoms with Gasteiger partial charge in [-0.1, -0.05) is 29.8 Å². The summed E-state index contributed by atoms with van der Waals surface area (Å²) in [6.45, 7) is -0.383. The molecule has 0 aliphatic rings. The fourth-order valence-electron chi connectivity index (χ4n) is 2.08. The lowest BCUT2D eigenvalue weighted by Crippen LogP contribution is -2.20. The molecule has 0 aliphatic carbocycles. The van der Waals surface area contributed by atoms with Gasteiger partial charge in [0.05, 0.1) is 11.3 Å². The molecule has 1 amide bonds. The van der Waals surface area contributed by atoms with Gasteiger partial charge in [-0.2, -0.15) is 0 Å². The predicted molar refractivity (Wildman–Crippen MR) is 111 cm³/mol. The Hall–Kier alpha value is -1.97. The summed E-state index contributed by atoms with van der Waals surface area (Å²) in [7, 11) is 0. The lowest BCUT2D eigenvalue weighted by Gasteiger charge is -2.05. The van der Waals surface area contributed by atoms with E-state index >= 15 is 0 Å². The first-order valence-corrected chi connectivity index (χ1v) is 9.79. The molecule has 3 rings (SSSR count). The second-order valence-electron chi connectivity index (χ2n) is 5.15. The quantitative estimate of drug-likeness (QED) is 0.403. The fourth-order valence-corrected chi connectivity index (χ4v) is 3.40. The predicted octanol–water partition coefficient (Wildman–Crippen LogP) is 4.86. The van der Waals surface area contributed by atoms with E-state index in [0.29, 0.717) is 21.4 Å². The average molecular weight is 499 g/mol. The number of thiazole rings is 1. The number of anilines is 1. The van der Waals surface area contributed by atoms with E-state index in [-0.39, 0.29) is 6.61 Å². The second kappa shape index (κ2) is 8.61. The van der Waals surface area contributed by atoms with Crippen LogP contribution in [0.3, 0.4) is 0 Å². The van der Waals surface area contributed by atoms with E-state index in [9.17, 15) is 9.59 Å². The van der Waals surface area contributed by atoms with Crippen LogP contribution in [0.4, 0.5) is 5.13 Å². The molecule has 2 aromatic carbocycles. The molecule has 0 atom stereocenters. The smallest absolute Gasteiger partial charge is 0.338 e. The molecule has 1 aromatic heterocycles. The normalized spacial score (nSPS) is 10.4. The first-order chi connectivity index (χ1) is 12.5. The van der Waals surface area contributed by atoms with Gasteiger partial charge in [0.2, 0.25) is 0 Å². The van der Waals surface area contributed by atoms with Crippen molar-refractivity contribution < 1.29 is 14.3 Å². The van der Waals surface area contributed by atoms with Crippen LogP contribution in [0.25, 0.3) is 11.3 Å². The third kappa shape index (κ3) is 4.80. The molecule has 0 fully saturated rings. The molecule has 8 heteroatoms. The Morgan fingerprint density at radius 3 is 2.62 bits per heavy atom. The number of nitrogens with one attached hydrogen (secondary N) is 1. The van der Waals surface area contributed by atoms with Crippen molar-refractivity contribution in [1.29, 1.82) is 0 Å². The van der Waals surface area contributed by atoms with Crippen molar-refractivity contribution in [2.75, 3.05) is 11.9 Å². The molecule has 132 valence electrons. The highest BCUT2D eigenvalue weighted by atomic mass is 127. The van der Waals surface area contributed by atoms with Crippen LogP contribution in [-0.2, 0) is 9.53 Å². The Morgan fingerprint density at radius 2 is 1.88 bits per heavy atom. The van der Waals surface area contributed by atoms with Crippen LogP contribution in [0.1, 0.15) is 10.4 Å². The van der Waals surface area contributed by atoms with Crippen molar-refractivity contribution in [3.05, 3.63) is 68.1 Å². The number of ether oxygens (including phenoxy) is 1. The van der Waals surface area contributed by atoms with Crippen LogP contribution in [0.5, 0.6) is 0 Å². The van der Waals surface area contributed by atoms with Gasteiger partial charge >= 0.3 is 5.97 Å². The molecule has 0 unspecified atom stereocenters. The highest BCUT2D eigenvalue weighted by molar-refractivity contribution is 14.1. The number of aromatic nitrogens is 1. The zero-order valence-corrected chi connectivity index (χ0v) is 17.0. The first kappa shape index (κ1) is 18.8. The van der Waals surface area contributed by atoms with Gasteiger partial charge in [0.15, 0.2) is 11.7 Å². The van der Waals surface area contributed by atoms with E-state index in [2.05, 4.69) is 32.9 Å². The molecule has 26 heavy (non-hydrogen) atoms. The van der Waals surface area contributed by atoms with Gasteiger partial charge in [-0.05, 0) is 52.9 Å². The van der Waals surface area contributed by atoms with Crippen LogP contribution in [0, 0.1) is 3.57 Å². The van der Waals surface area contributed by atoms with Crippen molar-refractivity contribution in [2.45, 2.75) is 0 Å². The number of halogens is 2. The molecule has 0 aliphatic heterocycles. The molecule has 0 saturated heterocycles. The number of rotatable bonds is 5. The minimum atomic E-state index is -0.549. The lowest BCUT2D eigenvalue weighted by molar-refractivity contribution is -0.119. The third-order valence-corrected chi connectivity index (χ3v) is 5.12. The Balaban J connectivity index is 1.56. The molecule has 1 heterocycles. The first-order valence-electron chi connectivity index (χ1n) is 7.46. The maximum atomic E-state index is 12.0. The monoisotopic (exact) mass is 498 g/mol. The van der Waals surface area contributed by atoms with Crippen molar-refractivity contribution in [1.82, 2.24) is 4.98 Å². The van der Waals surface area contributed by atoms with Crippen LogP contribution in [0.2, 0.25) is 5.02 Å².